The molecule has 2 heterocycles. The number of nitrogens with one attached hydrogen (secondary N) is 1. The minimum Gasteiger partial charge on any atom is -0.472 e. The molecule has 1 aliphatic heterocycles. The van der Waals surface area contributed by atoms with Crippen LogP contribution < -0.4 is 10.1 Å². The average molecular weight is 401 g/mol. The monoisotopic (exact) mass is 401 g/mol. The quantitative estimate of drug-likeness (QED) is 0.677. The number of hydrogen-bond donors (Lipinski definition) is 1. The number of pyridine rings is 1. The van der Waals surface area contributed by atoms with Crippen molar-refractivity contribution in [1.82, 2.24) is 9.88 Å². The minimum atomic E-state index is -4.54. The number of urea groups is 1. The Balaban J connectivity index is 1.40. The number of para-hydroxylation sites is 2. The Bertz CT molecular complexity index is 1040. The van der Waals surface area contributed by atoms with Crippen LogP contribution in [-0.2, 0) is 6.18 Å². The number of ether oxygens (including phenoxy) is 1. The largest absolute Gasteiger partial charge is 0.472 e. The molecule has 1 atom stereocenters. The van der Waals surface area contributed by atoms with Crippen LogP contribution in [0.5, 0.6) is 5.88 Å². The molecule has 2 amide bonds. The maximum Gasteiger partial charge on any atom is 0.418 e. The van der Waals surface area contributed by atoms with Gasteiger partial charge in [-0.3, -0.25) is 0 Å². The van der Waals surface area contributed by atoms with Gasteiger partial charge in [0.2, 0.25) is 5.88 Å². The lowest BCUT2D eigenvalue weighted by Gasteiger charge is -2.19. The van der Waals surface area contributed by atoms with E-state index in [-0.39, 0.29) is 18.3 Å². The molecule has 0 aliphatic carbocycles. The smallest absolute Gasteiger partial charge is 0.418 e. The summed E-state index contributed by atoms with van der Waals surface area (Å²) in [4.78, 5) is 18.3. The first-order chi connectivity index (χ1) is 13.9. The van der Waals surface area contributed by atoms with Crippen LogP contribution >= 0.6 is 0 Å². The lowest BCUT2D eigenvalue weighted by Crippen LogP contribution is -2.35. The predicted octanol–water partition coefficient (Wildman–Crippen LogP) is 4.94. The molecular formula is C21H18F3N3O2. The fraction of sp³-hybridized carbons (Fsp3) is 0.238. The van der Waals surface area contributed by atoms with Gasteiger partial charge in [-0.2, -0.15) is 13.2 Å². The summed E-state index contributed by atoms with van der Waals surface area (Å²) in [7, 11) is 0. The normalized spacial score (nSPS) is 16.8. The maximum absolute atomic E-state index is 13.1. The van der Waals surface area contributed by atoms with Crippen molar-refractivity contribution in [3.8, 4) is 5.88 Å². The molecule has 0 unspecified atom stereocenters. The van der Waals surface area contributed by atoms with Gasteiger partial charge in [0.15, 0.2) is 0 Å². The molecule has 4 rings (SSSR count). The van der Waals surface area contributed by atoms with Crippen LogP contribution in [-0.4, -0.2) is 35.1 Å². The zero-order valence-corrected chi connectivity index (χ0v) is 15.3. The molecule has 1 N–H and O–H groups in total. The highest BCUT2D eigenvalue weighted by Crippen LogP contribution is 2.34. The van der Waals surface area contributed by atoms with Gasteiger partial charge < -0.3 is 15.0 Å². The fourth-order valence-corrected chi connectivity index (χ4v) is 3.33. The Morgan fingerprint density at radius 2 is 1.83 bits per heavy atom. The highest BCUT2D eigenvalue weighted by atomic mass is 19.4. The molecule has 3 aromatic rings. The van der Waals surface area contributed by atoms with E-state index in [2.05, 4.69) is 10.3 Å². The molecule has 5 nitrogen and oxygen atoms in total. The number of benzene rings is 2. The number of alkyl halides is 3. The Labute approximate surface area is 165 Å². The summed E-state index contributed by atoms with van der Waals surface area (Å²) in [5, 5.41) is 3.36. The molecule has 29 heavy (non-hydrogen) atoms. The minimum absolute atomic E-state index is 0.259. The number of aromatic nitrogens is 1. The highest BCUT2D eigenvalue weighted by Gasteiger charge is 2.34. The van der Waals surface area contributed by atoms with Crippen molar-refractivity contribution in [2.45, 2.75) is 18.7 Å². The number of carbonyl (C=O) groups is 1. The second-order valence-electron chi connectivity index (χ2n) is 6.79. The van der Waals surface area contributed by atoms with Crippen LogP contribution in [0.2, 0.25) is 0 Å². The van der Waals surface area contributed by atoms with Crippen LogP contribution in [0.15, 0.2) is 60.7 Å². The number of carbonyl (C=O) groups excluding carboxylic acids is 1. The van der Waals surface area contributed by atoms with E-state index in [9.17, 15) is 18.0 Å². The predicted molar refractivity (Wildman–Crippen MR) is 103 cm³/mol. The lowest BCUT2D eigenvalue weighted by atomic mass is 10.1. The SMILES string of the molecule is O=C(Nc1ccccc1C(F)(F)F)N1CC[C@H](Oc2ccc3ccccc3n2)C1. The van der Waals surface area contributed by atoms with Gasteiger partial charge in [0.25, 0.3) is 0 Å². The second-order valence-corrected chi connectivity index (χ2v) is 6.79. The van der Waals surface area contributed by atoms with Crippen molar-refractivity contribution in [2.24, 2.45) is 0 Å². The maximum atomic E-state index is 13.1. The van der Waals surface area contributed by atoms with Gasteiger partial charge in [0.05, 0.1) is 23.3 Å². The molecule has 1 aromatic heterocycles. The van der Waals surface area contributed by atoms with Crippen molar-refractivity contribution in [1.29, 1.82) is 0 Å². The molecule has 150 valence electrons. The molecule has 0 saturated carbocycles. The second kappa shape index (κ2) is 7.62. The number of fused-ring (bicyclic) bond motifs is 1. The number of hydrogen-bond acceptors (Lipinski definition) is 3. The molecule has 2 aromatic carbocycles. The summed E-state index contributed by atoms with van der Waals surface area (Å²) in [5.74, 6) is 0.457. The van der Waals surface area contributed by atoms with Crippen molar-refractivity contribution >= 4 is 22.6 Å². The van der Waals surface area contributed by atoms with Crippen LogP contribution in [0.4, 0.5) is 23.7 Å². The summed E-state index contributed by atoms with van der Waals surface area (Å²) >= 11 is 0. The van der Waals surface area contributed by atoms with E-state index in [0.29, 0.717) is 18.8 Å². The van der Waals surface area contributed by atoms with Crippen LogP contribution in [0, 0.1) is 0 Å². The molecule has 0 spiro atoms. The molecule has 8 heteroatoms. The fourth-order valence-electron chi connectivity index (χ4n) is 3.33. The van der Waals surface area contributed by atoms with Crippen molar-refractivity contribution in [3.63, 3.8) is 0 Å². The third-order valence-corrected chi connectivity index (χ3v) is 4.77. The Morgan fingerprint density at radius 3 is 2.66 bits per heavy atom. The first kappa shape index (κ1) is 19.0. The lowest BCUT2D eigenvalue weighted by molar-refractivity contribution is -0.136. The summed E-state index contributed by atoms with van der Waals surface area (Å²) in [6, 6.07) is 15.7. The van der Waals surface area contributed by atoms with Gasteiger partial charge in [-0.1, -0.05) is 30.3 Å². The molecule has 1 aliphatic rings. The van der Waals surface area contributed by atoms with Gasteiger partial charge in [-0.05, 0) is 24.3 Å². The standard InChI is InChI=1S/C21H18F3N3O2/c22-21(23,24)16-6-2-4-8-18(16)26-20(28)27-12-11-15(13-27)29-19-10-9-14-5-1-3-7-17(14)25-19/h1-10,15H,11-13H2,(H,26,28)/t15-/m0/s1. The third kappa shape index (κ3) is 4.26. The summed E-state index contributed by atoms with van der Waals surface area (Å²) < 4.78 is 45.2. The van der Waals surface area contributed by atoms with E-state index < -0.39 is 17.8 Å². The van der Waals surface area contributed by atoms with Crippen molar-refractivity contribution in [3.05, 3.63) is 66.2 Å². The average Bonchev–Trinajstić information content (AvgIpc) is 3.16. The van der Waals surface area contributed by atoms with E-state index in [1.165, 1.54) is 23.1 Å². The first-order valence-corrected chi connectivity index (χ1v) is 9.15. The van der Waals surface area contributed by atoms with Crippen LogP contribution in [0.1, 0.15) is 12.0 Å². The number of amides is 2. The summed E-state index contributed by atoms with van der Waals surface area (Å²) in [6.45, 7) is 0.660. The molecule has 0 radical (unpaired) electrons. The molecule has 1 fully saturated rings. The Hall–Kier alpha value is -3.29. The van der Waals surface area contributed by atoms with Gasteiger partial charge in [-0.15, -0.1) is 0 Å². The van der Waals surface area contributed by atoms with E-state index in [0.717, 1.165) is 17.0 Å². The Morgan fingerprint density at radius 1 is 1.07 bits per heavy atom. The molecule has 1 saturated heterocycles. The molecular weight excluding hydrogens is 383 g/mol. The first-order valence-electron chi connectivity index (χ1n) is 9.15. The topological polar surface area (TPSA) is 54.5 Å². The highest BCUT2D eigenvalue weighted by molar-refractivity contribution is 5.90. The van der Waals surface area contributed by atoms with Crippen molar-refractivity contribution < 1.29 is 22.7 Å². The number of nitrogens with zero attached hydrogens (tertiary/aromatic N) is 2. The number of rotatable bonds is 3. The third-order valence-electron chi connectivity index (χ3n) is 4.77. The van der Waals surface area contributed by atoms with Crippen molar-refractivity contribution in [2.75, 3.05) is 18.4 Å². The van der Waals surface area contributed by atoms with Gasteiger partial charge in [0.1, 0.15) is 6.10 Å². The zero-order chi connectivity index (χ0) is 20.4. The Kier molecular flexibility index (Phi) is 5.00. The summed E-state index contributed by atoms with van der Waals surface area (Å²) in [6.07, 6.45) is -4.24. The number of likely N-dealkylation sites (tertiary alicyclic amines) is 1. The van der Waals surface area contributed by atoms with E-state index in [1.54, 1.807) is 6.07 Å². The number of halogens is 3. The van der Waals surface area contributed by atoms with E-state index in [1.807, 2.05) is 30.3 Å². The number of anilines is 1. The van der Waals surface area contributed by atoms with Gasteiger partial charge in [-0.25, -0.2) is 9.78 Å². The summed E-state index contributed by atoms with van der Waals surface area (Å²) in [5.41, 5.74) is -0.326. The zero-order valence-electron chi connectivity index (χ0n) is 15.3. The van der Waals surface area contributed by atoms with Crippen LogP contribution in [0.25, 0.3) is 10.9 Å². The van der Waals surface area contributed by atoms with Gasteiger partial charge in [0, 0.05) is 24.4 Å². The molecule has 0 bridgehead atoms. The van der Waals surface area contributed by atoms with Gasteiger partial charge >= 0.3 is 12.2 Å². The van der Waals surface area contributed by atoms with E-state index in [4.69, 9.17) is 4.74 Å². The van der Waals surface area contributed by atoms with Crippen LogP contribution in [0.3, 0.4) is 0 Å². The van der Waals surface area contributed by atoms with E-state index >= 15 is 0 Å².